The molecule has 1 rings (SSSR count). The van der Waals surface area contributed by atoms with Gasteiger partial charge in [-0.15, -0.1) is 0 Å². The van der Waals surface area contributed by atoms with E-state index >= 15 is 0 Å². The Labute approximate surface area is 322 Å². The van der Waals surface area contributed by atoms with Crippen LogP contribution in [0.3, 0.4) is 0 Å². The number of nitrogens with zero attached hydrogens (tertiary/aromatic N) is 1. The van der Waals surface area contributed by atoms with Gasteiger partial charge in [0.1, 0.15) is 18.8 Å². The lowest BCUT2D eigenvalue weighted by molar-refractivity contribution is -0.152. The third-order valence-corrected chi connectivity index (χ3v) is 10.6. The SMILES string of the molecule is CC/C=C\CC1C(CC(=O)OCC(COCCCCCCCCCCCC)OCCCCCCCCCCCC)CCC1OC(=O)CCCN(C)C. The number of rotatable bonds is 37. The van der Waals surface area contributed by atoms with Crippen LogP contribution in [-0.4, -0.2) is 76.1 Å². The lowest BCUT2D eigenvalue weighted by Crippen LogP contribution is -2.30. The van der Waals surface area contributed by atoms with Crippen LogP contribution in [0.15, 0.2) is 12.2 Å². The number of carbonyl (C=O) groups excluding carboxylic acids is 2. The van der Waals surface area contributed by atoms with Crippen molar-refractivity contribution in [1.29, 1.82) is 0 Å². The van der Waals surface area contributed by atoms with Gasteiger partial charge < -0.3 is 23.8 Å². The zero-order valence-electron chi connectivity index (χ0n) is 35.0. The summed E-state index contributed by atoms with van der Waals surface area (Å²) in [4.78, 5) is 27.9. The largest absolute Gasteiger partial charge is 0.463 e. The van der Waals surface area contributed by atoms with Crippen molar-refractivity contribution in [3.8, 4) is 0 Å². The summed E-state index contributed by atoms with van der Waals surface area (Å²) in [7, 11) is 4.03. The molecule has 0 aromatic carbocycles. The third-order valence-electron chi connectivity index (χ3n) is 10.6. The highest BCUT2D eigenvalue weighted by Crippen LogP contribution is 2.39. The van der Waals surface area contributed by atoms with Crippen molar-refractivity contribution in [3.63, 3.8) is 0 Å². The summed E-state index contributed by atoms with van der Waals surface area (Å²) in [5.41, 5.74) is 0. The van der Waals surface area contributed by atoms with Crippen LogP contribution in [0.25, 0.3) is 0 Å². The van der Waals surface area contributed by atoms with Gasteiger partial charge in [-0.05, 0) is 71.5 Å². The summed E-state index contributed by atoms with van der Waals surface area (Å²) < 4.78 is 24.2. The van der Waals surface area contributed by atoms with Gasteiger partial charge in [-0.2, -0.15) is 0 Å². The van der Waals surface area contributed by atoms with E-state index in [2.05, 4.69) is 37.8 Å². The van der Waals surface area contributed by atoms with E-state index in [4.69, 9.17) is 18.9 Å². The molecule has 0 spiro atoms. The summed E-state index contributed by atoms with van der Waals surface area (Å²) in [5.74, 6) is -0.0254. The molecule has 7 heteroatoms. The monoisotopic (exact) mass is 736 g/mol. The van der Waals surface area contributed by atoms with E-state index in [0.717, 1.165) is 58.1 Å². The van der Waals surface area contributed by atoms with E-state index in [0.29, 0.717) is 26.1 Å². The molecule has 306 valence electrons. The molecule has 1 fully saturated rings. The quantitative estimate of drug-likeness (QED) is 0.0357. The van der Waals surface area contributed by atoms with Crippen LogP contribution in [0, 0.1) is 11.8 Å². The maximum Gasteiger partial charge on any atom is 0.306 e. The molecule has 0 radical (unpaired) electrons. The van der Waals surface area contributed by atoms with E-state index in [-0.39, 0.29) is 42.6 Å². The summed E-state index contributed by atoms with van der Waals surface area (Å²) in [6.07, 6.45) is 34.9. The van der Waals surface area contributed by atoms with Crippen LogP contribution in [0.1, 0.15) is 194 Å². The maximum atomic E-state index is 13.2. The van der Waals surface area contributed by atoms with Crippen LogP contribution >= 0.6 is 0 Å². The second-order valence-electron chi connectivity index (χ2n) is 15.9. The molecule has 0 bridgehead atoms. The van der Waals surface area contributed by atoms with Crippen molar-refractivity contribution < 1.29 is 28.5 Å². The van der Waals surface area contributed by atoms with Gasteiger partial charge >= 0.3 is 11.9 Å². The van der Waals surface area contributed by atoms with E-state index in [1.165, 1.54) is 116 Å². The zero-order valence-corrected chi connectivity index (χ0v) is 35.0. The smallest absolute Gasteiger partial charge is 0.306 e. The van der Waals surface area contributed by atoms with Crippen LogP contribution < -0.4 is 0 Å². The molecule has 0 heterocycles. The fourth-order valence-corrected chi connectivity index (χ4v) is 7.39. The standard InChI is InChI=1S/C45H85NO6/c1-6-9-12-14-16-18-20-22-24-27-35-49-38-41(50-36-28-25-23-21-19-17-15-13-10-7-2)39-51-45(48)37-40-32-33-43(42(40)30-26-11-8-3)52-44(47)31-29-34-46(4)5/h11,26,40-43H,6-10,12-25,27-39H2,1-5H3/b26-11-. The molecule has 1 saturated carbocycles. The Bertz CT molecular complexity index is 848. The molecule has 7 nitrogen and oxygen atoms in total. The highest BCUT2D eigenvalue weighted by Gasteiger charge is 2.39. The molecule has 4 atom stereocenters. The lowest BCUT2D eigenvalue weighted by Gasteiger charge is -2.24. The van der Waals surface area contributed by atoms with Crippen molar-refractivity contribution in [1.82, 2.24) is 4.90 Å². The topological polar surface area (TPSA) is 74.3 Å². The summed E-state index contributed by atoms with van der Waals surface area (Å²) in [5, 5.41) is 0. The summed E-state index contributed by atoms with van der Waals surface area (Å²) in [6, 6.07) is 0. The number of hydrogen-bond acceptors (Lipinski definition) is 7. The molecule has 0 N–H and O–H groups in total. The lowest BCUT2D eigenvalue weighted by atomic mass is 9.88. The predicted molar refractivity (Wildman–Crippen MR) is 218 cm³/mol. The van der Waals surface area contributed by atoms with Gasteiger partial charge in [-0.25, -0.2) is 0 Å². The summed E-state index contributed by atoms with van der Waals surface area (Å²) in [6.45, 7) is 9.63. The van der Waals surface area contributed by atoms with Gasteiger partial charge in [0.05, 0.1) is 6.61 Å². The Hall–Kier alpha value is -1.44. The molecule has 0 amide bonds. The number of unbranched alkanes of at least 4 members (excludes halogenated alkanes) is 18. The first-order chi connectivity index (χ1) is 25.4. The van der Waals surface area contributed by atoms with Gasteiger partial charge in [-0.1, -0.05) is 148 Å². The molecule has 0 aliphatic heterocycles. The van der Waals surface area contributed by atoms with Crippen molar-refractivity contribution in [2.75, 3.05) is 47.1 Å². The minimum absolute atomic E-state index is 0.125. The maximum absolute atomic E-state index is 13.2. The van der Waals surface area contributed by atoms with Gasteiger partial charge in [0.2, 0.25) is 0 Å². The van der Waals surface area contributed by atoms with Crippen molar-refractivity contribution in [2.24, 2.45) is 11.8 Å². The number of ether oxygens (including phenoxy) is 4. The Kier molecular flexibility index (Phi) is 33.0. The number of allylic oxidation sites excluding steroid dienone is 2. The average molecular weight is 736 g/mol. The fourth-order valence-electron chi connectivity index (χ4n) is 7.39. The molecule has 0 aromatic rings. The molecular weight excluding hydrogens is 650 g/mol. The molecule has 1 aliphatic carbocycles. The fraction of sp³-hybridized carbons (Fsp3) is 0.911. The molecular formula is C45H85NO6. The second-order valence-corrected chi connectivity index (χ2v) is 15.9. The second kappa shape index (κ2) is 35.3. The first-order valence-corrected chi connectivity index (χ1v) is 22.2. The Morgan fingerprint density at radius 3 is 1.77 bits per heavy atom. The number of hydrogen-bond donors (Lipinski definition) is 0. The Balaban J connectivity index is 2.52. The highest BCUT2D eigenvalue weighted by atomic mass is 16.6. The number of carbonyl (C=O) groups is 2. The zero-order chi connectivity index (χ0) is 37.9. The van der Waals surface area contributed by atoms with Crippen LogP contribution in [0.5, 0.6) is 0 Å². The van der Waals surface area contributed by atoms with E-state index < -0.39 is 0 Å². The predicted octanol–water partition coefficient (Wildman–Crippen LogP) is 11.8. The van der Waals surface area contributed by atoms with Gasteiger partial charge in [-0.3, -0.25) is 9.59 Å². The van der Waals surface area contributed by atoms with Crippen molar-refractivity contribution >= 4 is 11.9 Å². The van der Waals surface area contributed by atoms with E-state index in [1.807, 2.05) is 14.1 Å². The van der Waals surface area contributed by atoms with Gasteiger partial charge in [0, 0.05) is 32.0 Å². The van der Waals surface area contributed by atoms with Crippen LogP contribution in [-0.2, 0) is 28.5 Å². The Morgan fingerprint density at radius 1 is 0.654 bits per heavy atom. The Morgan fingerprint density at radius 2 is 1.21 bits per heavy atom. The summed E-state index contributed by atoms with van der Waals surface area (Å²) >= 11 is 0. The minimum Gasteiger partial charge on any atom is -0.463 e. The minimum atomic E-state index is -0.242. The molecule has 52 heavy (non-hydrogen) atoms. The molecule has 0 saturated heterocycles. The average Bonchev–Trinajstić information content (AvgIpc) is 3.49. The van der Waals surface area contributed by atoms with E-state index in [1.54, 1.807) is 0 Å². The molecule has 4 unspecified atom stereocenters. The number of esters is 2. The molecule has 0 aromatic heterocycles. The van der Waals surface area contributed by atoms with Crippen molar-refractivity contribution in [2.45, 2.75) is 206 Å². The molecule has 1 aliphatic rings. The third kappa shape index (κ3) is 28.1. The first kappa shape index (κ1) is 48.6. The van der Waals surface area contributed by atoms with Crippen LogP contribution in [0.4, 0.5) is 0 Å². The van der Waals surface area contributed by atoms with Gasteiger partial charge in [0.25, 0.3) is 0 Å². The van der Waals surface area contributed by atoms with Crippen molar-refractivity contribution in [3.05, 3.63) is 12.2 Å². The first-order valence-electron chi connectivity index (χ1n) is 22.2. The normalized spacial score (nSPS) is 18.1. The highest BCUT2D eigenvalue weighted by molar-refractivity contribution is 5.70. The van der Waals surface area contributed by atoms with Gasteiger partial charge in [0.15, 0.2) is 0 Å². The van der Waals surface area contributed by atoms with E-state index in [9.17, 15) is 9.59 Å². The van der Waals surface area contributed by atoms with Crippen LogP contribution in [0.2, 0.25) is 0 Å².